The summed E-state index contributed by atoms with van der Waals surface area (Å²) in [6.07, 6.45) is 18.0. The SMILES string of the molecule is CCCCCCCCCCCCC/C=C/C(CC(=O)O)C(=O)O. The number of hydrogen-bond acceptors (Lipinski definition) is 2. The lowest BCUT2D eigenvalue weighted by Gasteiger charge is -2.03. The number of aliphatic carboxylic acids is 2. The molecule has 0 aromatic heterocycles. The van der Waals surface area contributed by atoms with Crippen LogP contribution in [0.4, 0.5) is 0 Å². The van der Waals surface area contributed by atoms with Crippen molar-refractivity contribution in [1.29, 1.82) is 0 Å². The Morgan fingerprint density at radius 1 is 0.826 bits per heavy atom. The molecule has 23 heavy (non-hydrogen) atoms. The molecule has 134 valence electrons. The van der Waals surface area contributed by atoms with Gasteiger partial charge >= 0.3 is 11.9 Å². The van der Waals surface area contributed by atoms with Crippen LogP contribution in [0.5, 0.6) is 0 Å². The van der Waals surface area contributed by atoms with E-state index >= 15 is 0 Å². The van der Waals surface area contributed by atoms with Gasteiger partial charge in [0.25, 0.3) is 0 Å². The number of carboxylic acids is 2. The van der Waals surface area contributed by atoms with Crippen molar-refractivity contribution in [2.24, 2.45) is 5.92 Å². The summed E-state index contributed by atoms with van der Waals surface area (Å²) in [5.74, 6) is -3.04. The molecule has 2 N–H and O–H groups in total. The van der Waals surface area contributed by atoms with E-state index in [0.717, 1.165) is 19.3 Å². The van der Waals surface area contributed by atoms with E-state index in [1.165, 1.54) is 63.9 Å². The Balaban J connectivity index is 3.45. The zero-order valence-electron chi connectivity index (χ0n) is 14.6. The normalized spacial score (nSPS) is 12.6. The van der Waals surface area contributed by atoms with Crippen molar-refractivity contribution in [1.82, 2.24) is 0 Å². The molecule has 0 bridgehead atoms. The summed E-state index contributed by atoms with van der Waals surface area (Å²) in [5, 5.41) is 17.5. The Hall–Kier alpha value is -1.32. The van der Waals surface area contributed by atoms with Crippen molar-refractivity contribution in [3.8, 4) is 0 Å². The number of rotatable bonds is 16. The highest BCUT2D eigenvalue weighted by Crippen LogP contribution is 2.13. The maximum Gasteiger partial charge on any atom is 0.310 e. The average Bonchev–Trinajstić information content (AvgIpc) is 2.50. The molecule has 1 unspecified atom stereocenters. The van der Waals surface area contributed by atoms with Crippen LogP contribution in [-0.2, 0) is 9.59 Å². The molecule has 4 heteroatoms. The van der Waals surface area contributed by atoms with Crippen LogP contribution in [0.3, 0.4) is 0 Å². The zero-order chi connectivity index (χ0) is 17.3. The van der Waals surface area contributed by atoms with Crippen LogP contribution in [0.1, 0.15) is 90.4 Å². The topological polar surface area (TPSA) is 74.6 Å². The fraction of sp³-hybridized carbons (Fsp3) is 0.789. The van der Waals surface area contributed by atoms with E-state index in [9.17, 15) is 9.59 Å². The molecule has 0 aromatic carbocycles. The third-order valence-corrected chi connectivity index (χ3v) is 4.05. The van der Waals surface area contributed by atoms with Gasteiger partial charge in [0.2, 0.25) is 0 Å². The molecule has 0 aromatic rings. The number of allylic oxidation sites excluding steroid dienone is 1. The Kier molecular flexibility index (Phi) is 14.7. The molecule has 0 rings (SSSR count). The summed E-state index contributed by atoms with van der Waals surface area (Å²) in [6.45, 7) is 2.24. The van der Waals surface area contributed by atoms with Crippen LogP contribution in [0.25, 0.3) is 0 Å². The monoisotopic (exact) mass is 326 g/mol. The molecule has 0 saturated carbocycles. The van der Waals surface area contributed by atoms with Gasteiger partial charge in [0.05, 0.1) is 12.3 Å². The lowest BCUT2D eigenvalue weighted by Crippen LogP contribution is -2.15. The van der Waals surface area contributed by atoms with Gasteiger partial charge in [0.1, 0.15) is 0 Å². The van der Waals surface area contributed by atoms with Crippen molar-refractivity contribution < 1.29 is 19.8 Å². The first-order chi connectivity index (χ1) is 11.1. The fourth-order valence-electron chi connectivity index (χ4n) is 2.61. The summed E-state index contributed by atoms with van der Waals surface area (Å²) < 4.78 is 0. The lowest BCUT2D eigenvalue weighted by molar-refractivity contribution is -0.146. The quantitative estimate of drug-likeness (QED) is 0.293. The standard InChI is InChI=1S/C19H34O4/c1-2-3-4-5-6-7-8-9-10-11-12-13-14-15-17(19(22)23)16-18(20)21/h14-15,17H,2-13,16H2,1H3,(H,20,21)(H,22,23)/b15-14+. The third-order valence-electron chi connectivity index (χ3n) is 4.05. The van der Waals surface area contributed by atoms with Gasteiger partial charge in [-0.25, -0.2) is 0 Å². The van der Waals surface area contributed by atoms with Crippen molar-refractivity contribution in [2.75, 3.05) is 0 Å². The summed E-state index contributed by atoms with van der Waals surface area (Å²) >= 11 is 0. The maximum atomic E-state index is 10.9. The van der Waals surface area contributed by atoms with Crippen LogP contribution >= 0.6 is 0 Å². The highest BCUT2D eigenvalue weighted by atomic mass is 16.4. The second kappa shape index (κ2) is 15.6. The van der Waals surface area contributed by atoms with E-state index in [2.05, 4.69) is 6.92 Å². The van der Waals surface area contributed by atoms with Crippen LogP contribution in [0, 0.1) is 5.92 Å². The van der Waals surface area contributed by atoms with E-state index in [1.807, 2.05) is 6.08 Å². The molecule has 0 heterocycles. The summed E-state index contributed by atoms with van der Waals surface area (Å²) in [4.78, 5) is 21.4. The highest BCUT2D eigenvalue weighted by Gasteiger charge is 2.17. The van der Waals surface area contributed by atoms with Gasteiger partial charge < -0.3 is 10.2 Å². The van der Waals surface area contributed by atoms with Crippen molar-refractivity contribution in [3.63, 3.8) is 0 Å². The Morgan fingerprint density at radius 3 is 1.74 bits per heavy atom. The third kappa shape index (κ3) is 15.4. The second-order valence-electron chi connectivity index (χ2n) is 6.29. The van der Waals surface area contributed by atoms with E-state index in [1.54, 1.807) is 0 Å². The molecule has 0 amide bonds. The fourth-order valence-corrected chi connectivity index (χ4v) is 2.61. The van der Waals surface area contributed by atoms with E-state index in [0.29, 0.717) is 0 Å². The smallest absolute Gasteiger partial charge is 0.310 e. The molecule has 0 fully saturated rings. The van der Waals surface area contributed by atoms with Crippen LogP contribution in [0.15, 0.2) is 12.2 Å². The predicted molar refractivity (Wildman–Crippen MR) is 93.6 cm³/mol. The van der Waals surface area contributed by atoms with Crippen LogP contribution in [0.2, 0.25) is 0 Å². The molecule has 0 aliphatic heterocycles. The molecule has 0 aliphatic carbocycles. The van der Waals surface area contributed by atoms with Crippen LogP contribution in [-0.4, -0.2) is 22.2 Å². The second-order valence-corrected chi connectivity index (χ2v) is 6.29. The molecule has 0 radical (unpaired) electrons. The Bertz CT molecular complexity index is 336. The predicted octanol–water partition coefficient (Wildman–Crippen LogP) is 5.42. The van der Waals surface area contributed by atoms with Gasteiger partial charge in [0, 0.05) is 0 Å². The van der Waals surface area contributed by atoms with Gasteiger partial charge in [-0.3, -0.25) is 9.59 Å². The van der Waals surface area contributed by atoms with Crippen molar-refractivity contribution in [2.45, 2.75) is 90.4 Å². The Labute approximate surface area is 141 Å². The van der Waals surface area contributed by atoms with Gasteiger partial charge in [-0.1, -0.05) is 83.3 Å². The number of carboxylic acid groups (broad SMARTS) is 2. The van der Waals surface area contributed by atoms with Gasteiger partial charge in [-0.2, -0.15) is 0 Å². The summed E-state index contributed by atoms with van der Waals surface area (Å²) in [7, 11) is 0. The van der Waals surface area contributed by atoms with Gasteiger partial charge in [-0.05, 0) is 12.8 Å². The van der Waals surface area contributed by atoms with E-state index in [-0.39, 0.29) is 6.42 Å². The molecular formula is C19H34O4. The summed E-state index contributed by atoms with van der Waals surface area (Å²) in [5.41, 5.74) is 0. The minimum Gasteiger partial charge on any atom is -0.481 e. The number of hydrogen-bond donors (Lipinski definition) is 2. The molecular weight excluding hydrogens is 292 g/mol. The van der Waals surface area contributed by atoms with Crippen LogP contribution < -0.4 is 0 Å². The van der Waals surface area contributed by atoms with Crippen molar-refractivity contribution in [3.05, 3.63) is 12.2 Å². The maximum absolute atomic E-state index is 10.9. The largest absolute Gasteiger partial charge is 0.481 e. The summed E-state index contributed by atoms with van der Waals surface area (Å²) in [6, 6.07) is 0. The lowest BCUT2D eigenvalue weighted by atomic mass is 10.0. The molecule has 0 saturated heterocycles. The number of carbonyl (C=O) groups is 2. The highest BCUT2D eigenvalue weighted by molar-refractivity contribution is 5.79. The van der Waals surface area contributed by atoms with Gasteiger partial charge in [-0.15, -0.1) is 0 Å². The first kappa shape index (κ1) is 21.7. The molecule has 4 nitrogen and oxygen atoms in total. The average molecular weight is 326 g/mol. The Morgan fingerprint density at radius 2 is 1.30 bits per heavy atom. The zero-order valence-corrected chi connectivity index (χ0v) is 14.6. The number of unbranched alkanes of at least 4 members (excludes halogenated alkanes) is 11. The first-order valence-electron chi connectivity index (χ1n) is 9.19. The van der Waals surface area contributed by atoms with Gasteiger partial charge in [0.15, 0.2) is 0 Å². The molecule has 0 aliphatic rings. The molecule has 0 spiro atoms. The van der Waals surface area contributed by atoms with E-state index < -0.39 is 17.9 Å². The van der Waals surface area contributed by atoms with Crippen molar-refractivity contribution >= 4 is 11.9 Å². The first-order valence-corrected chi connectivity index (χ1v) is 9.19. The minimum absolute atomic E-state index is 0.343. The molecule has 1 atom stereocenters. The minimum atomic E-state index is -1.07. The van der Waals surface area contributed by atoms with E-state index in [4.69, 9.17) is 10.2 Å².